The van der Waals surface area contributed by atoms with Crippen LogP contribution in [0.1, 0.15) is 6.42 Å². The second-order valence-electron chi connectivity index (χ2n) is 1.72. The fourth-order valence-corrected chi connectivity index (χ4v) is 0.924. The molecular formula is C6H6NO2S-. The average Bonchev–Trinajstić information content (AvgIpc) is 2.12. The van der Waals surface area contributed by atoms with Crippen molar-refractivity contribution >= 4 is 17.3 Å². The van der Waals surface area contributed by atoms with Crippen molar-refractivity contribution in [2.45, 2.75) is 6.42 Å². The van der Waals surface area contributed by atoms with E-state index >= 15 is 0 Å². The molecule has 0 saturated heterocycles. The summed E-state index contributed by atoms with van der Waals surface area (Å²) in [5.74, 6) is 0. The van der Waals surface area contributed by atoms with Gasteiger partial charge in [0.15, 0.2) is 0 Å². The minimum absolute atomic E-state index is 0.0914. The topological polar surface area (TPSA) is 52.5 Å². The molecule has 0 aliphatic carbocycles. The molecule has 10 heavy (non-hydrogen) atoms. The SMILES string of the molecule is O=S([O-])C1=CC=CCC=N1. The summed E-state index contributed by atoms with van der Waals surface area (Å²) >= 11 is -2.20. The molecule has 1 heterocycles. The van der Waals surface area contributed by atoms with E-state index in [2.05, 4.69) is 4.99 Å². The molecule has 0 saturated carbocycles. The predicted octanol–water partition coefficient (Wildman–Crippen LogP) is 0.738. The van der Waals surface area contributed by atoms with Crippen molar-refractivity contribution in [3.8, 4) is 0 Å². The molecule has 54 valence electrons. The number of aliphatic imine (C=N–C) groups is 1. The summed E-state index contributed by atoms with van der Waals surface area (Å²) in [6.45, 7) is 0. The van der Waals surface area contributed by atoms with E-state index in [0.29, 0.717) is 6.42 Å². The van der Waals surface area contributed by atoms with Gasteiger partial charge >= 0.3 is 0 Å². The van der Waals surface area contributed by atoms with Crippen LogP contribution in [0, 0.1) is 0 Å². The lowest BCUT2D eigenvalue weighted by Crippen LogP contribution is -1.88. The van der Waals surface area contributed by atoms with Gasteiger partial charge in [0.25, 0.3) is 0 Å². The molecule has 0 radical (unpaired) electrons. The smallest absolute Gasteiger partial charge is 0.112 e. The van der Waals surface area contributed by atoms with Gasteiger partial charge in [-0.25, -0.2) is 0 Å². The largest absolute Gasteiger partial charge is 0.767 e. The summed E-state index contributed by atoms with van der Waals surface area (Å²) in [7, 11) is 0. The van der Waals surface area contributed by atoms with Gasteiger partial charge in [-0.05, 0) is 17.2 Å². The summed E-state index contributed by atoms with van der Waals surface area (Å²) in [4.78, 5) is 3.68. The zero-order chi connectivity index (χ0) is 7.40. The molecule has 1 atom stereocenters. The van der Waals surface area contributed by atoms with Crippen molar-refractivity contribution < 1.29 is 8.76 Å². The Morgan fingerprint density at radius 1 is 1.70 bits per heavy atom. The predicted molar refractivity (Wildman–Crippen MR) is 39.3 cm³/mol. The van der Waals surface area contributed by atoms with Crippen LogP contribution in [-0.4, -0.2) is 15.0 Å². The minimum Gasteiger partial charge on any atom is -0.767 e. The fraction of sp³-hybridized carbons (Fsp3) is 0.167. The van der Waals surface area contributed by atoms with Crippen molar-refractivity contribution in [1.82, 2.24) is 0 Å². The van der Waals surface area contributed by atoms with Gasteiger partial charge in [0.2, 0.25) is 0 Å². The molecule has 1 unspecified atom stereocenters. The maximum Gasteiger partial charge on any atom is 0.112 e. The third-order valence-electron chi connectivity index (χ3n) is 1.01. The van der Waals surface area contributed by atoms with Gasteiger partial charge in [-0.2, -0.15) is 0 Å². The molecule has 0 amide bonds. The summed E-state index contributed by atoms with van der Waals surface area (Å²) in [6, 6.07) is 0. The van der Waals surface area contributed by atoms with Gasteiger partial charge in [-0.15, -0.1) is 0 Å². The first-order valence-corrected chi connectivity index (χ1v) is 3.87. The molecule has 0 aromatic rings. The third-order valence-corrected chi connectivity index (χ3v) is 1.59. The molecule has 0 aromatic carbocycles. The number of hydrogen-bond acceptors (Lipinski definition) is 3. The molecule has 0 fully saturated rings. The quantitative estimate of drug-likeness (QED) is 0.526. The molecule has 0 spiro atoms. The lowest BCUT2D eigenvalue weighted by molar-refractivity contribution is 0.543. The van der Waals surface area contributed by atoms with E-state index in [9.17, 15) is 8.76 Å². The Balaban J connectivity index is 2.83. The van der Waals surface area contributed by atoms with Gasteiger partial charge in [0.05, 0.1) is 0 Å². The van der Waals surface area contributed by atoms with Gasteiger partial charge in [-0.3, -0.25) is 9.20 Å². The van der Waals surface area contributed by atoms with Crippen molar-refractivity contribution in [3.63, 3.8) is 0 Å². The van der Waals surface area contributed by atoms with Crippen LogP contribution in [0.2, 0.25) is 0 Å². The average molecular weight is 156 g/mol. The maximum absolute atomic E-state index is 10.3. The monoisotopic (exact) mass is 156 g/mol. The highest BCUT2D eigenvalue weighted by atomic mass is 32.2. The van der Waals surface area contributed by atoms with Crippen LogP contribution in [0.5, 0.6) is 0 Å². The van der Waals surface area contributed by atoms with Crippen molar-refractivity contribution in [1.29, 1.82) is 0 Å². The van der Waals surface area contributed by atoms with E-state index in [1.54, 1.807) is 12.3 Å². The molecule has 0 N–H and O–H groups in total. The molecule has 1 rings (SSSR count). The van der Waals surface area contributed by atoms with Crippen LogP contribution in [-0.2, 0) is 11.1 Å². The molecule has 3 nitrogen and oxygen atoms in total. The number of hydrogen-bond donors (Lipinski definition) is 0. The van der Waals surface area contributed by atoms with E-state index < -0.39 is 11.1 Å². The highest BCUT2D eigenvalue weighted by Crippen LogP contribution is 2.03. The summed E-state index contributed by atoms with van der Waals surface area (Å²) in [5.41, 5.74) is 0. The first kappa shape index (κ1) is 7.37. The first-order chi connectivity index (χ1) is 4.80. The van der Waals surface area contributed by atoms with Gasteiger partial charge in [0.1, 0.15) is 5.03 Å². The molecule has 0 aromatic heterocycles. The normalized spacial score (nSPS) is 19.9. The van der Waals surface area contributed by atoms with E-state index in [0.717, 1.165) is 0 Å². The molecule has 4 heteroatoms. The van der Waals surface area contributed by atoms with E-state index in [1.165, 1.54) is 6.08 Å². The highest BCUT2D eigenvalue weighted by molar-refractivity contribution is 7.83. The summed E-state index contributed by atoms with van der Waals surface area (Å²) in [5, 5.41) is 0.0914. The lowest BCUT2D eigenvalue weighted by Gasteiger charge is -2.01. The van der Waals surface area contributed by atoms with E-state index in [4.69, 9.17) is 0 Å². The summed E-state index contributed by atoms with van der Waals surface area (Å²) < 4.78 is 20.6. The Bertz CT molecular complexity index is 230. The Hall–Kier alpha value is -0.740. The van der Waals surface area contributed by atoms with Crippen LogP contribution in [0.25, 0.3) is 0 Å². The zero-order valence-corrected chi connectivity index (χ0v) is 6.00. The fourth-order valence-electron chi connectivity index (χ4n) is 0.574. The second-order valence-corrected chi connectivity index (χ2v) is 2.60. The van der Waals surface area contributed by atoms with Gasteiger partial charge < -0.3 is 4.55 Å². The minimum atomic E-state index is -2.20. The van der Waals surface area contributed by atoms with Crippen LogP contribution in [0.3, 0.4) is 0 Å². The van der Waals surface area contributed by atoms with Gasteiger partial charge in [0, 0.05) is 12.6 Å². The standard InChI is InChI=1S/C6H7NO2S/c8-10(9)6-4-2-1-3-5-7-6/h1-2,4-5H,3H2,(H,8,9)/p-1. The number of nitrogens with zero attached hydrogens (tertiary/aromatic N) is 1. The number of allylic oxidation sites excluding steroid dienone is 3. The second kappa shape index (κ2) is 3.43. The molecule has 1 aliphatic rings. The van der Waals surface area contributed by atoms with Crippen LogP contribution < -0.4 is 0 Å². The first-order valence-electron chi connectivity index (χ1n) is 2.79. The summed E-state index contributed by atoms with van der Waals surface area (Å²) in [6.07, 6.45) is 7.23. The van der Waals surface area contributed by atoms with Crippen LogP contribution >= 0.6 is 0 Å². The molecular weight excluding hydrogens is 150 g/mol. The van der Waals surface area contributed by atoms with E-state index in [-0.39, 0.29) is 5.03 Å². The Labute approximate surface area is 61.5 Å². The maximum atomic E-state index is 10.3. The van der Waals surface area contributed by atoms with Crippen molar-refractivity contribution in [3.05, 3.63) is 23.3 Å². The Morgan fingerprint density at radius 2 is 2.50 bits per heavy atom. The van der Waals surface area contributed by atoms with E-state index in [1.807, 2.05) is 6.08 Å². The molecule has 0 bridgehead atoms. The van der Waals surface area contributed by atoms with Crippen LogP contribution in [0.4, 0.5) is 0 Å². The van der Waals surface area contributed by atoms with Gasteiger partial charge in [-0.1, -0.05) is 12.2 Å². The zero-order valence-electron chi connectivity index (χ0n) is 5.19. The van der Waals surface area contributed by atoms with Crippen LogP contribution in [0.15, 0.2) is 28.2 Å². The van der Waals surface area contributed by atoms with Crippen molar-refractivity contribution in [2.75, 3.05) is 0 Å². The lowest BCUT2D eigenvalue weighted by atomic mass is 10.4. The highest BCUT2D eigenvalue weighted by Gasteiger charge is 1.91. The van der Waals surface area contributed by atoms with Crippen molar-refractivity contribution in [2.24, 2.45) is 4.99 Å². The molecule has 1 aliphatic heterocycles. The third kappa shape index (κ3) is 1.89. The Morgan fingerprint density at radius 3 is 3.20 bits per heavy atom. The Kier molecular flexibility index (Phi) is 2.53. The number of rotatable bonds is 1.